The number of hydrogen-bond donors (Lipinski definition) is 0. The van der Waals surface area contributed by atoms with Crippen LogP contribution in [-0.2, 0) is 5.41 Å². The third-order valence-corrected chi connectivity index (χ3v) is 14.3. The zero-order valence-electron chi connectivity index (χ0n) is 36.0. The van der Waals surface area contributed by atoms with Gasteiger partial charge in [0.25, 0.3) is 0 Å². The predicted octanol–water partition coefficient (Wildman–Crippen LogP) is 16.7. The molecule has 3 nitrogen and oxygen atoms in total. The molecule has 14 rings (SSSR count). The van der Waals surface area contributed by atoms with Gasteiger partial charge >= 0.3 is 0 Å². The standard InChI is InChI=1S/C63H41N3/c1-3-20-46(21-4-1)64(48-32-30-42-16-7-9-18-44(42)38-48)50-34-36-56-54(40-50)55-41-51(65(47-22-5-2-6-23-47)49-33-31-43-17-8-10-19-45(43)39-49)35-37-57(55)63(56)58-26-12-14-29-61(58)66-60-28-13-11-24-52(60)53-25-15-27-59(63)62(53)66/h1-41H. The fraction of sp³-hybridized carbons (Fsp3) is 0.0159. The molecule has 0 amide bonds. The number of nitrogens with zero attached hydrogens (tertiary/aromatic N) is 3. The Kier molecular flexibility index (Phi) is 7.90. The van der Waals surface area contributed by atoms with E-state index in [0.29, 0.717) is 0 Å². The summed E-state index contributed by atoms with van der Waals surface area (Å²) in [6.45, 7) is 0. The van der Waals surface area contributed by atoms with Gasteiger partial charge in [0.2, 0.25) is 0 Å². The smallest absolute Gasteiger partial charge is 0.0754 e. The van der Waals surface area contributed by atoms with Crippen LogP contribution in [0.25, 0.3) is 60.2 Å². The molecule has 308 valence electrons. The minimum atomic E-state index is -0.594. The van der Waals surface area contributed by atoms with Crippen LogP contribution in [0.3, 0.4) is 0 Å². The van der Waals surface area contributed by atoms with Crippen LogP contribution in [-0.4, -0.2) is 4.57 Å². The van der Waals surface area contributed by atoms with E-state index >= 15 is 0 Å². The van der Waals surface area contributed by atoms with Crippen LogP contribution in [0.15, 0.2) is 249 Å². The number of para-hydroxylation sites is 5. The van der Waals surface area contributed by atoms with Crippen molar-refractivity contribution < 1.29 is 0 Å². The molecule has 0 radical (unpaired) electrons. The second kappa shape index (κ2) is 14.2. The third kappa shape index (κ3) is 5.20. The quantitative estimate of drug-likeness (QED) is 0.165. The summed E-state index contributed by atoms with van der Waals surface area (Å²) in [6, 6.07) is 92.0. The minimum Gasteiger partial charge on any atom is -0.310 e. The molecule has 0 saturated carbocycles. The van der Waals surface area contributed by atoms with Crippen molar-refractivity contribution in [1.29, 1.82) is 0 Å². The highest BCUT2D eigenvalue weighted by atomic mass is 15.1. The molecule has 11 aromatic carbocycles. The van der Waals surface area contributed by atoms with Crippen molar-refractivity contribution >= 4 is 77.5 Å². The van der Waals surface area contributed by atoms with Crippen LogP contribution in [0.4, 0.5) is 34.1 Å². The molecule has 2 heterocycles. The highest BCUT2D eigenvalue weighted by Crippen LogP contribution is 2.62. The Hall–Kier alpha value is -8.66. The van der Waals surface area contributed by atoms with Crippen LogP contribution >= 0.6 is 0 Å². The lowest BCUT2D eigenvalue weighted by Gasteiger charge is -2.39. The first kappa shape index (κ1) is 36.8. The van der Waals surface area contributed by atoms with Crippen molar-refractivity contribution in [3.05, 3.63) is 271 Å². The van der Waals surface area contributed by atoms with E-state index in [1.807, 2.05) is 0 Å². The van der Waals surface area contributed by atoms with Crippen LogP contribution in [0.1, 0.15) is 22.3 Å². The van der Waals surface area contributed by atoms with Gasteiger partial charge in [-0.05, 0) is 140 Å². The molecule has 1 aliphatic carbocycles. The SMILES string of the molecule is c1ccc(N(c2ccc3c(c2)-c2cc(N(c4ccccc4)c4ccc5ccccc5c4)ccc2C32c3ccccc3-n3c4ccccc4c4cccc2c43)c2ccc3ccccc3c2)cc1. The topological polar surface area (TPSA) is 11.4 Å². The average molecular weight is 840 g/mol. The lowest BCUT2D eigenvalue weighted by Crippen LogP contribution is -2.33. The molecule has 0 unspecified atom stereocenters. The van der Waals surface area contributed by atoms with Crippen LogP contribution in [0.5, 0.6) is 0 Å². The lowest BCUT2D eigenvalue weighted by atomic mass is 9.65. The molecular weight excluding hydrogens is 799 g/mol. The molecule has 0 bridgehead atoms. The van der Waals surface area contributed by atoms with Gasteiger partial charge in [0.05, 0.1) is 22.1 Å². The van der Waals surface area contributed by atoms with Crippen molar-refractivity contribution in [3.63, 3.8) is 0 Å². The normalized spacial score (nSPS) is 13.0. The van der Waals surface area contributed by atoms with Crippen molar-refractivity contribution in [3.8, 4) is 16.8 Å². The Bertz CT molecular complexity index is 3730. The second-order valence-corrected chi connectivity index (χ2v) is 17.7. The van der Waals surface area contributed by atoms with E-state index in [-0.39, 0.29) is 0 Å². The first-order valence-electron chi connectivity index (χ1n) is 22.8. The monoisotopic (exact) mass is 839 g/mol. The Morgan fingerprint density at radius 2 is 0.742 bits per heavy atom. The van der Waals surface area contributed by atoms with Gasteiger partial charge in [0.15, 0.2) is 0 Å². The molecule has 1 aliphatic heterocycles. The zero-order valence-corrected chi connectivity index (χ0v) is 36.0. The Labute approximate surface area is 383 Å². The van der Waals surface area contributed by atoms with Gasteiger partial charge in [-0.2, -0.15) is 0 Å². The van der Waals surface area contributed by atoms with Gasteiger partial charge in [0, 0.05) is 44.9 Å². The van der Waals surface area contributed by atoms with Crippen LogP contribution in [0, 0.1) is 0 Å². The van der Waals surface area contributed by atoms with Crippen LogP contribution in [0.2, 0.25) is 0 Å². The molecule has 12 aromatic rings. The number of aromatic nitrogens is 1. The summed E-state index contributed by atoms with van der Waals surface area (Å²) in [5.41, 5.74) is 17.4. The van der Waals surface area contributed by atoms with Crippen LogP contribution < -0.4 is 9.80 Å². The summed E-state index contributed by atoms with van der Waals surface area (Å²) >= 11 is 0. The number of rotatable bonds is 6. The van der Waals surface area contributed by atoms with E-state index in [9.17, 15) is 0 Å². The van der Waals surface area contributed by atoms with Crippen molar-refractivity contribution in [2.75, 3.05) is 9.80 Å². The summed E-state index contributed by atoms with van der Waals surface area (Å²) in [7, 11) is 0. The minimum absolute atomic E-state index is 0.594. The van der Waals surface area contributed by atoms with Crippen molar-refractivity contribution in [1.82, 2.24) is 4.57 Å². The molecule has 0 saturated heterocycles. The lowest BCUT2D eigenvalue weighted by molar-refractivity contribution is 0.748. The molecule has 0 fully saturated rings. The zero-order chi connectivity index (χ0) is 43.3. The molecule has 3 heteroatoms. The Balaban J connectivity index is 1.07. The Morgan fingerprint density at radius 1 is 0.288 bits per heavy atom. The molecule has 66 heavy (non-hydrogen) atoms. The number of fused-ring (bicyclic) bond motifs is 14. The molecule has 0 N–H and O–H groups in total. The van der Waals surface area contributed by atoms with E-state index in [4.69, 9.17) is 0 Å². The summed E-state index contributed by atoms with van der Waals surface area (Å²) < 4.78 is 2.52. The van der Waals surface area contributed by atoms with Gasteiger partial charge in [-0.3, -0.25) is 0 Å². The van der Waals surface area contributed by atoms with E-state index in [2.05, 4.69) is 263 Å². The summed E-state index contributed by atoms with van der Waals surface area (Å²) in [4.78, 5) is 4.83. The maximum atomic E-state index is 2.52. The van der Waals surface area contributed by atoms with Crippen molar-refractivity contribution in [2.45, 2.75) is 5.41 Å². The van der Waals surface area contributed by atoms with Gasteiger partial charge < -0.3 is 14.4 Å². The maximum Gasteiger partial charge on any atom is 0.0754 e. The number of hydrogen-bond acceptors (Lipinski definition) is 2. The third-order valence-electron chi connectivity index (χ3n) is 14.3. The van der Waals surface area contributed by atoms with Gasteiger partial charge in [-0.1, -0.05) is 164 Å². The highest BCUT2D eigenvalue weighted by molar-refractivity contribution is 6.13. The molecule has 1 aromatic heterocycles. The van der Waals surface area contributed by atoms with E-state index in [1.165, 1.54) is 82.4 Å². The van der Waals surface area contributed by atoms with E-state index < -0.39 is 5.41 Å². The second-order valence-electron chi connectivity index (χ2n) is 17.7. The molecule has 2 aliphatic rings. The van der Waals surface area contributed by atoms with E-state index in [1.54, 1.807) is 0 Å². The summed E-state index contributed by atoms with van der Waals surface area (Å²) in [5.74, 6) is 0. The highest BCUT2D eigenvalue weighted by Gasteiger charge is 2.51. The van der Waals surface area contributed by atoms with E-state index in [0.717, 1.165) is 34.1 Å². The average Bonchev–Trinajstić information content (AvgIpc) is 3.87. The maximum absolute atomic E-state index is 2.52. The predicted molar refractivity (Wildman–Crippen MR) is 276 cm³/mol. The molecule has 0 atom stereocenters. The Morgan fingerprint density at radius 3 is 1.35 bits per heavy atom. The largest absolute Gasteiger partial charge is 0.310 e. The summed E-state index contributed by atoms with van der Waals surface area (Å²) in [6.07, 6.45) is 0. The van der Waals surface area contributed by atoms with Gasteiger partial charge in [-0.15, -0.1) is 0 Å². The fourth-order valence-electron chi connectivity index (χ4n) is 11.6. The van der Waals surface area contributed by atoms with Crippen molar-refractivity contribution in [2.24, 2.45) is 0 Å². The first-order valence-corrected chi connectivity index (χ1v) is 22.8. The molecular formula is C63H41N3. The summed E-state index contributed by atoms with van der Waals surface area (Å²) in [5, 5.41) is 7.42. The van der Waals surface area contributed by atoms with Gasteiger partial charge in [0.1, 0.15) is 0 Å². The molecule has 1 spiro atoms. The number of benzene rings is 11. The van der Waals surface area contributed by atoms with Gasteiger partial charge in [-0.25, -0.2) is 0 Å². The number of anilines is 6. The first-order chi connectivity index (χ1) is 32.7. The fourth-order valence-corrected chi connectivity index (χ4v) is 11.6.